The molecule has 3 atom stereocenters. The number of likely N-dealkylation sites (tertiary alicyclic amines) is 1. The molecule has 2 aliphatic rings. The minimum Gasteiger partial charge on any atom is -0.497 e. The first kappa shape index (κ1) is 18.2. The fraction of sp³-hybridized carbons (Fsp3) is 0.333. The van der Waals surface area contributed by atoms with Crippen LogP contribution < -0.4 is 14.2 Å². The van der Waals surface area contributed by atoms with E-state index < -0.39 is 17.9 Å². The van der Waals surface area contributed by atoms with Crippen LogP contribution in [0.3, 0.4) is 0 Å². The molecule has 1 fully saturated rings. The van der Waals surface area contributed by atoms with Crippen molar-refractivity contribution in [1.82, 2.24) is 4.90 Å². The topological polar surface area (TPSA) is 85.3 Å². The van der Waals surface area contributed by atoms with Crippen LogP contribution in [0.5, 0.6) is 17.2 Å². The Morgan fingerprint density at radius 2 is 1.75 bits per heavy atom. The van der Waals surface area contributed by atoms with E-state index in [1.165, 1.54) is 6.92 Å². The third-order valence-corrected chi connectivity index (χ3v) is 5.47. The lowest BCUT2D eigenvalue weighted by atomic mass is 9.82. The molecule has 0 aliphatic carbocycles. The van der Waals surface area contributed by atoms with Crippen LogP contribution >= 0.6 is 0 Å². The van der Waals surface area contributed by atoms with E-state index in [1.807, 2.05) is 24.3 Å². The second-order valence-electron chi connectivity index (χ2n) is 6.97. The molecule has 28 heavy (non-hydrogen) atoms. The maximum Gasteiger partial charge on any atom is 0.309 e. The second kappa shape index (κ2) is 7.07. The van der Waals surface area contributed by atoms with Gasteiger partial charge in [-0.3, -0.25) is 9.59 Å². The summed E-state index contributed by atoms with van der Waals surface area (Å²) in [6.45, 7) is 1.94. The molecule has 2 heterocycles. The van der Waals surface area contributed by atoms with Crippen LogP contribution in [0.4, 0.5) is 0 Å². The summed E-state index contributed by atoms with van der Waals surface area (Å²) in [6, 6.07) is 12.1. The largest absolute Gasteiger partial charge is 0.497 e. The van der Waals surface area contributed by atoms with Crippen molar-refractivity contribution in [3.8, 4) is 17.2 Å². The number of rotatable bonds is 4. The number of benzene rings is 2. The maximum absolute atomic E-state index is 12.3. The highest BCUT2D eigenvalue weighted by molar-refractivity contribution is 5.79. The van der Waals surface area contributed by atoms with Crippen LogP contribution in [-0.4, -0.2) is 42.3 Å². The molecule has 1 saturated heterocycles. The minimum absolute atomic E-state index is 0.153. The van der Waals surface area contributed by atoms with E-state index in [0.717, 1.165) is 11.1 Å². The third-order valence-electron chi connectivity index (χ3n) is 5.47. The first-order chi connectivity index (χ1) is 13.5. The first-order valence-corrected chi connectivity index (χ1v) is 9.03. The molecule has 7 nitrogen and oxygen atoms in total. The molecule has 0 spiro atoms. The van der Waals surface area contributed by atoms with Crippen molar-refractivity contribution >= 4 is 11.9 Å². The van der Waals surface area contributed by atoms with Gasteiger partial charge in [-0.05, 0) is 35.4 Å². The number of carbonyl (C=O) groups excluding carboxylic acids is 1. The standard InChI is InChI=1S/C21H21NO6/c1-12(23)22-10-16(14-5-8-17-18(9-14)28-11-27-17)19(21(24)25)20(22)13-3-6-15(26-2)7-4-13/h3-9,16,19-20H,10-11H2,1-2H3,(H,24,25)/t16-,19+,20-/m1/s1. The zero-order chi connectivity index (χ0) is 19.8. The monoisotopic (exact) mass is 383 g/mol. The van der Waals surface area contributed by atoms with E-state index >= 15 is 0 Å². The van der Waals surface area contributed by atoms with E-state index in [-0.39, 0.29) is 18.6 Å². The third kappa shape index (κ3) is 3.02. The molecule has 0 aromatic heterocycles. The van der Waals surface area contributed by atoms with Gasteiger partial charge in [0.15, 0.2) is 11.5 Å². The number of ether oxygens (including phenoxy) is 3. The summed E-state index contributed by atoms with van der Waals surface area (Å²) in [5, 5.41) is 10.1. The lowest BCUT2D eigenvalue weighted by Gasteiger charge is -2.26. The molecule has 0 bridgehead atoms. The number of hydrogen-bond acceptors (Lipinski definition) is 5. The zero-order valence-electron chi connectivity index (χ0n) is 15.6. The highest BCUT2D eigenvalue weighted by Crippen LogP contribution is 2.47. The summed E-state index contributed by atoms with van der Waals surface area (Å²) in [5.41, 5.74) is 1.59. The van der Waals surface area contributed by atoms with E-state index in [0.29, 0.717) is 23.8 Å². The number of fused-ring (bicyclic) bond motifs is 1. The Morgan fingerprint density at radius 1 is 1.07 bits per heavy atom. The molecular weight excluding hydrogens is 362 g/mol. The Bertz CT molecular complexity index is 910. The normalized spacial score (nSPS) is 22.9. The van der Waals surface area contributed by atoms with Crippen molar-refractivity contribution < 1.29 is 28.9 Å². The minimum atomic E-state index is -0.938. The van der Waals surface area contributed by atoms with Crippen LogP contribution in [0.1, 0.15) is 30.0 Å². The van der Waals surface area contributed by atoms with Gasteiger partial charge in [-0.15, -0.1) is 0 Å². The Morgan fingerprint density at radius 3 is 2.39 bits per heavy atom. The molecule has 1 amide bonds. The first-order valence-electron chi connectivity index (χ1n) is 9.03. The number of methoxy groups -OCH3 is 1. The van der Waals surface area contributed by atoms with Crippen LogP contribution in [0.15, 0.2) is 42.5 Å². The fourth-order valence-corrected chi connectivity index (χ4v) is 4.13. The summed E-state index contributed by atoms with van der Waals surface area (Å²) < 4.78 is 16.0. The molecule has 0 unspecified atom stereocenters. The van der Waals surface area contributed by atoms with Crippen molar-refractivity contribution in [3.63, 3.8) is 0 Å². The van der Waals surface area contributed by atoms with Gasteiger partial charge in [0, 0.05) is 19.4 Å². The summed E-state index contributed by atoms with van der Waals surface area (Å²) in [6.07, 6.45) is 0. The average Bonchev–Trinajstić information content (AvgIpc) is 3.32. The van der Waals surface area contributed by atoms with E-state index in [4.69, 9.17) is 14.2 Å². The van der Waals surface area contributed by atoms with Crippen LogP contribution in [0.2, 0.25) is 0 Å². The molecule has 7 heteroatoms. The Hall–Kier alpha value is -3.22. The average molecular weight is 383 g/mol. The van der Waals surface area contributed by atoms with Crippen molar-refractivity contribution in [2.45, 2.75) is 18.9 Å². The predicted molar refractivity (Wildman–Crippen MR) is 99.6 cm³/mol. The molecule has 0 radical (unpaired) electrons. The van der Waals surface area contributed by atoms with Crippen LogP contribution in [0.25, 0.3) is 0 Å². The second-order valence-corrected chi connectivity index (χ2v) is 6.97. The van der Waals surface area contributed by atoms with Crippen molar-refractivity contribution in [3.05, 3.63) is 53.6 Å². The summed E-state index contributed by atoms with van der Waals surface area (Å²) in [7, 11) is 1.57. The van der Waals surface area contributed by atoms with Gasteiger partial charge in [0.25, 0.3) is 0 Å². The van der Waals surface area contributed by atoms with E-state index in [9.17, 15) is 14.7 Å². The summed E-state index contributed by atoms with van der Waals surface area (Å²) >= 11 is 0. The van der Waals surface area contributed by atoms with Gasteiger partial charge >= 0.3 is 5.97 Å². The smallest absolute Gasteiger partial charge is 0.309 e. The van der Waals surface area contributed by atoms with Crippen LogP contribution in [-0.2, 0) is 9.59 Å². The molecule has 1 N–H and O–H groups in total. The molecule has 0 saturated carbocycles. The summed E-state index contributed by atoms with van der Waals surface area (Å²) in [4.78, 5) is 26.3. The quantitative estimate of drug-likeness (QED) is 0.874. The van der Waals surface area contributed by atoms with Gasteiger partial charge in [-0.25, -0.2) is 0 Å². The van der Waals surface area contributed by atoms with Gasteiger partial charge in [-0.2, -0.15) is 0 Å². The van der Waals surface area contributed by atoms with Gasteiger partial charge in [-0.1, -0.05) is 18.2 Å². The molecule has 2 aromatic carbocycles. The Balaban J connectivity index is 1.75. The highest BCUT2D eigenvalue weighted by Gasteiger charge is 2.48. The number of carboxylic acids is 1. The lowest BCUT2D eigenvalue weighted by molar-refractivity contribution is -0.143. The number of hydrogen-bond donors (Lipinski definition) is 1. The number of amides is 1. The van der Waals surface area contributed by atoms with Crippen molar-refractivity contribution in [2.75, 3.05) is 20.4 Å². The number of carbonyl (C=O) groups is 2. The number of aliphatic carboxylic acids is 1. The van der Waals surface area contributed by atoms with Crippen LogP contribution in [0, 0.1) is 5.92 Å². The van der Waals surface area contributed by atoms with Gasteiger partial charge in [0.2, 0.25) is 12.7 Å². The van der Waals surface area contributed by atoms with E-state index in [2.05, 4.69) is 0 Å². The van der Waals surface area contributed by atoms with Gasteiger partial charge < -0.3 is 24.2 Å². The molecule has 2 aliphatic heterocycles. The Labute approximate surface area is 162 Å². The summed E-state index contributed by atoms with van der Waals surface area (Å²) in [5.74, 6) is -0.314. The molecule has 146 valence electrons. The zero-order valence-corrected chi connectivity index (χ0v) is 15.6. The molecule has 4 rings (SSSR count). The molecule has 2 aromatic rings. The van der Waals surface area contributed by atoms with Gasteiger partial charge in [0.1, 0.15) is 5.75 Å². The lowest BCUT2D eigenvalue weighted by Crippen LogP contribution is -2.31. The number of nitrogens with zero attached hydrogens (tertiary/aromatic N) is 1. The predicted octanol–water partition coefficient (Wildman–Crippen LogP) is 2.81. The van der Waals surface area contributed by atoms with E-state index in [1.54, 1.807) is 30.2 Å². The Kier molecular flexibility index (Phi) is 4.58. The van der Waals surface area contributed by atoms with Crippen molar-refractivity contribution in [2.24, 2.45) is 5.92 Å². The fourth-order valence-electron chi connectivity index (χ4n) is 4.13. The maximum atomic E-state index is 12.3. The number of carboxylic acid groups (broad SMARTS) is 1. The van der Waals surface area contributed by atoms with Crippen molar-refractivity contribution in [1.29, 1.82) is 0 Å². The highest BCUT2D eigenvalue weighted by atomic mass is 16.7. The SMILES string of the molecule is COc1ccc([C@@H]2[C@@H](C(=O)O)[C@@H](c3ccc4c(c3)OCO4)CN2C(C)=O)cc1. The van der Waals surface area contributed by atoms with Gasteiger partial charge in [0.05, 0.1) is 19.1 Å². The molecular formula is C21H21NO6.